The van der Waals surface area contributed by atoms with Gasteiger partial charge in [0.2, 0.25) is 0 Å². The third kappa shape index (κ3) is 4.24. The van der Waals surface area contributed by atoms with E-state index in [0.717, 1.165) is 38.2 Å². The number of benzene rings is 1. The zero-order valence-corrected chi connectivity index (χ0v) is 11.4. The highest BCUT2D eigenvalue weighted by Gasteiger charge is 2.10. The second-order valence-corrected chi connectivity index (χ2v) is 4.72. The summed E-state index contributed by atoms with van der Waals surface area (Å²) in [6.45, 7) is 2.37. The minimum atomic E-state index is -0.168. The first-order valence-electron chi connectivity index (χ1n) is 6.82. The molecule has 1 aromatic carbocycles. The van der Waals surface area contributed by atoms with Crippen molar-refractivity contribution in [3.63, 3.8) is 0 Å². The Kier molecular flexibility index (Phi) is 5.21. The van der Waals surface area contributed by atoms with Crippen LogP contribution >= 0.6 is 0 Å². The van der Waals surface area contributed by atoms with Crippen LogP contribution in [0.4, 0.5) is 0 Å². The largest absolute Gasteiger partial charge is 0.493 e. The summed E-state index contributed by atoms with van der Waals surface area (Å²) in [7, 11) is 1.41. The predicted octanol–water partition coefficient (Wildman–Crippen LogP) is 1.71. The minimum Gasteiger partial charge on any atom is -0.493 e. The van der Waals surface area contributed by atoms with Gasteiger partial charge in [0.1, 0.15) is 5.75 Å². The summed E-state index contributed by atoms with van der Waals surface area (Å²) < 4.78 is 10.2. The second-order valence-electron chi connectivity index (χ2n) is 4.72. The number of methoxy groups -OCH3 is 1. The Labute approximate surface area is 114 Å². The molecule has 19 heavy (non-hydrogen) atoms. The van der Waals surface area contributed by atoms with Gasteiger partial charge in [0.25, 0.3) is 0 Å². The molecule has 0 atom stereocenters. The van der Waals surface area contributed by atoms with E-state index in [0.29, 0.717) is 13.0 Å². The molecule has 1 aliphatic heterocycles. The van der Waals surface area contributed by atoms with Gasteiger partial charge in [-0.1, -0.05) is 12.1 Å². The number of carbonyl (C=O) groups is 1. The second kappa shape index (κ2) is 7.14. The molecule has 0 saturated carbocycles. The Morgan fingerprint density at radius 3 is 3.16 bits per heavy atom. The van der Waals surface area contributed by atoms with E-state index < -0.39 is 0 Å². The molecule has 1 heterocycles. The monoisotopic (exact) mass is 263 g/mol. The average molecular weight is 263 g/mol. The zero-order chi connectivity index (χ0) is 13.5. The maximum Gasteiger partial charge on any atom is 0.306 e. The standard InChI is InChI=1S/C15H21NO3/c1-18-15(17)7-9-16-8-6-12-4-5-14-13(11-12)3-2-10-19-14/h4-5,11,16H,2-3,6-10H2,1H3. The Bertz CT molecular complexity index is 431. The minimum absolute atomic E-state index is 0.168. The van der Waals surface area contributed by atoms with Gasteiger partial charge < -0.3 is 14.8 Å². The Morgan fingerprint density at radius 1 is 1.42 bits per heavy atom. The van der Waals surface area contributed by atoms with Crippen molar-refractivity contribution in [2.24, 2.45) is 0 Å². The van der Waals surface area contributed by atoms with E-state index in [1.54, 1.807) is 0 Å². The van der Waals surface area contributed by atoms with Gasteiger partial charge in [0, 0.05) is 6.54 Å². The fourth-order valence-electron chi connectivity index (χ4n) is 2.22. The van der Waals surface area contributed by atoms with Crippen LogP contribution in [0.1, 0.15) is 24.0 Å². The zero-order valence-electron chi connectivity index (χ0n) is 11.4. The van der Waals surface area contributed by atoms with Crippen molar-refractivity contribution in [1.29, 1.82) is 0 Å². The van der Waals surface area contributed by atoms with E-state index in [2.05, 4.69) is 28.3 Å². The lowest BCUT2D eigenvalue weighted by Crippen LogP contribution is -2.21. The molecule has 0 unspecified atom stereocenters. The van der Waals surface area contributed by atoms with Crippen LogP contribution in [0.3, 0.4) is 0 Å². The number of hydrogen-bond acceptors (Lipinski definition) is 4. The van der Waals surface area contributed by atoms with Crippen molar-refractivity contribution in [3.05, 3.63) is 29.3 Å². The van der Waals surface area contributed by atoms with Crippen LogP contribution in [0.15, 0.2) is 18.2 Å². The molecule has 0 fully saturated rings. The van der Waals surface area contributed by atoms with Crippen molar-refractivity contribution >= 4 is 5.97 Å². The van der Waals surface area contributed by atoms with Gasteiger partial charge in [-0.15, -0.1) is 0 Å². The Balaban J connectivity index is 1.72. The number of fused-ring (bicyclic) bond motifs is 1. The molecular formula is C15H21NO3. The highest BCUT2D eigenvalue weighted by molar-refractivity contribution is 5.69. The maximum absolute atomic E-state index is 10.9. The number of ether oxygens (including phenoxy) is 2. The summed E-state index contributed by atoms with van der Waals surface area (Å²) >= 11 is 0. The van der Waals surface area contributed by atoms with Gasteiger partial charge in [-0.05, 0) is 43.0 Å². The lowest BCUT2D eigenvalue weighted by atomic mass is 10.0. The highest BCUT2D eigenvalue weighted by atomic mass is 16.5. The van der Waals surface area contributed by atoms with Crippen LogP contribution < -0.4 is 10.1 Å². The molecule has 0 amide bonds. The molecular weight excluding hydrogens is 242 g/mol. The van der Waals surface area contributed by atoms with Gasteiger partial charge in [-0.25, -0.2) is 0 Å². The Hall–Kier alpha value is -1.55. The summed E-state index contributed by atoms with van der Waals surface area (Å²) in [4.78, 5) is 10.9. The third-order valence-corrected chi connectivity index (χ3v) is 3.30. The van der Waals surface area contributed by atoms with E-state index in [4.69, 9.17) is 4.74 Å². The molecule has 0 aliphatic carbocycles. The first-order chi connectivity index (χ1) is 9.29. The molecule has 0 radical (unpaired) electrons. The lowest BCUT2D eigenvalue weighted by Gasteiger charge is -2.17. The van der Waals surface area contributed by atoms with Crippen molar-refractivity contribution in [1.82, 2.24) is 5.32 Å². The molecule has 1 N–H and O–H groups in total. The number of hydrogen-bond donors (Lipinski definition) is 1. The number of carbonyl (C=O) groups excluding carboxylic acids is 1. The maximum atomic E-state index is 10.9. The SMILES string of the molecule is COC(=O)CCNCCc1ccc2c(c1)CCCO2. The number of rotatable bonds is 6. The number of esters is 1. The van der Waals surface area contributed by atoms with Gasteiger partial charge in [0.05, 0.1) is 20.1 Å². The molecule has 0 saturated heterocycles. The van der Waals surface area contributed by atoms with E-state index in [9.17, 15) is 4.79 Å². The molecule has 0 spiro atoms. The molecule has 104 valence electrons. The molecule has 2 rings (SSSR count). The fraction of sp³-hybridized carbons (Fsp3) is 0.533. The topological polar surface area (TPSA) is 47.6 Å². The number of aryl methyl sites for hydroxylation is 1. The molecule has 1 aliphatic rings. The smallest absolute Gasteiger partial charge is 0.306 e. The van der Waals surface area contributed by atoms with Crippen LogP contribution in [0, 0.1) is 0 Å². The van der Waals surface area contributed by atoms with Crippen molar-refractivity contribution in [2.45, 2.75) is 25.7 Å². The van der Waals surface area contributed by atoms with Crippen LogP contribution in [0.25, 0.3) is 0 Å². The van der Waals surface area contributed by atoms with E-state index >= 15 is 0 Å². The normalized spacial score (nSPS) is 13.5. The van der Waals surface area contributed by atoms with Crippen molar-refractivity contribution in [2.75, 3.05) is 26.8 Å². The van der Waals surface area contributed by atoms with Crippen molar-refractivity contribution in [3.8, 4) is 5.75 Å². The molecule has 1 aromatic rings. The summed E-state index contributed by atoms with van der Waals surface area (Å²) in [5, 5.41) is 3.25. The van der Waals surface area contributed by atoms with Crippen LogP contribution in [-0.2, 0) is 22.4 Å². The van der Waals surface area contributed by atoms with Gasteiger partial charge in [-0.2, -0.15) is 0 Å². The Morgan fingerprint density at radius 2 is 2.32 bits per heavy atom. The summed E-state index contributed by atoms with van der Waals surface area (Å²) in [6, 6.07) is 6.42. The molecule has 0 bridgehead atoms. The summed E-state index contributed by atoms with van der Waals surface area (Å²) in [5.74, 6) is 0.868. The van der Waals surface area contributed by atoms with Crippen LogP contribution in [0.5, 0.6) is 5.75 Å². The van der Waals surface area contributed by atoms with E-state index in [1.165, 1.54) is 18.2 Å². The summed E-state index contributed by atoms with van der Waals surface area (Å²) in [6.07, 6.45) is 3.61. The van der Waals surface area contributed by atoms with E-state index in [1.807, 2.05) is 0 Å². The van der Waals surface area contributed by atoms with Crippen molar-refractivity contribution < 1.29 is 14.3 Å². The van der Waals surface area contributed by atoms with Gasteiger partial charge in [-0.3, -0.25) is 4.79 Å². The summed E-state index contributed by atoms with van der Waals surface area (Å²) in [5.41, 5.74) is 2.63. The average Bonchev–Trinajstić information content (AvgIpc) is 2.46. The molecule has 4 nitrogen and oxygen atoms in total. The third-order valence-electron chi connectivity index (χ3n) is 3.30. The lowest BCUT2D eigenvalue weighted by molar-refractivity contribution is -0.140. The van der Waals surface area contributed by atoms with Gasteiger partial charge in [0.15, 0.2) is 0 Å². The number of nitrogens with one attached hydrogen (secondary N) is 1. The predicted molar refractivity (Wildman–Crippen MR) is 73.5 cm³/mol. The molecule has 4 heteroatoms. The molecule has 0 aromatic heterocycles. The van der Waals surface area contributed by atoms with Crippen LogP contribution in [-0.4, -0.2) is 32.8 Å². The highest BCUT2D eigenvalue weighted by Crippen LogP contribution is 2.25. The first kappa shape index (κ1) is 13.9. The van der Waals surface area contributed by atoms with Gasteiger partial charge >= 0.3 is 5.97 Å². The van der Waals surface area contributed by atoms with E-state index in [-0.39, 0.29) is 5.97 Å². The quantitative estimate of drug-likeness (QED) is 0.627. The fourth-order valence-corrected chi connectivity index (χ4v) is 2.22. The van der Waals surface area contributed by atoms with Crippen LogP contribution in [0.2, 0.25) is 0 Å². The first-order valence-corrected chi connectivity index (χ1v) is 6.82.